The molecule has 3 nitrogen and oxygen atoms in total. The minimum Gasteiger partial charge on any atom is -0.387 e. The molecule has 0 spiro atoms. The zero-order valence-corrected chi connectivity index (χ0v) is 10.2. The van der Waals surface area contributed by atoms with Gasteiger partial charge in [-0.25, -0.2) is 4.39 Å². The van der Waals surface area contributed by atoms with E-state index in [1.165, 1.54) is 0 Å². The van der Waals surface area contributed by atoms with E-state index in [2.05, 4.69) is 0 Å². The number of ether oxygens (including phenoxy) is 1. The van der Waals surface area contributed by atoms with Crippen LogP contribution in [0.5, 0.6) is 0 Å². The molecule has 0 aromatic heterocycles. The van der Waals surface area contributed by atoms with Crippen LogP contribution in [0.4, 0.5) is 17.6 Å². The van der Waals surface area contributed by atoms with E-state index in [9.17, 15) is 22.7 Å². The lowest BCUT2D eigenvalue weighted by Gasteiger charge is -2.26. The number of hydrogen-bond donors (Lipinski definition) is 1. The topological polar surface area (TPSA) is 53.2 Å². The van der Waals surface area contributed by atoms with E-state index in [0.717, 1.165) is 6.07 Å². The highest BCUT2D eigenvalue weighted by Gasteiger charge is 2.44. The number of alkyl halides is 3. The Balaban J connectivity index is 2.41. The fraction of sp³-hybridized carbons (Fsp3) is 0.462. The predicted octanol–water partition coefficient (Wildman–Crippen LogP) is 2.81. The van der Waals surface area contributed by atoms with E-state index in [0.29, 0.717) is 12.1 Å². The van der Waals surface area contributed by atoms with Crippen molar-refractivity contribution in [2.75, 3.05) is 13.2 Å². The van der Waals surface area contributed by atoms with E-state index >= 15 is 0 Å². The molecule has 108 valence electrons. The Hall–Kier alpha value is -1.65. The van der Waals surface area contributed by atoms with Crippen LogP contribution in [0.1, 0.15) is 23.7 Å². The Morgan fingerprint density at radius 3 is 2.60 bits per heavy atom. The van der Waals surface area contributed by atoms with Crippen LogP contribution in [0, 0.1) is 22.6 Å². The zero-order chi connectivity index (χ0) is 15.0. The molecular weight excluding hydrogens is 278 g/mol. The van der Waals surface area contributed by atoms with Crippen molar-refractivity contribution in [1.82, 2.24) is 0 Å². The first kappa shape index (κ1) is 14.8. The third-order valence-electron chi connectivity index (χ3n) is 3.41. The summed E-state index contributed by atoms with van der Waals surface area (Å²) < 4.78 is 56.1. The van der Waals surface area contributed by atoms with Gasteiger partial charge in [-0.15, -0.1) is 0 Å². The summed E-state index contributed by atoms with van der Waals surface area (Å²) in [5.41, 5.74) is -2.90. The molecule has 1 aromatic rings. The minimum atomic E-state index is -4.86. The number of rotatable bonds is 2. The van der Waals surface area contributed by atoms with Crippen molar-refractivity contribution in [2.24, 2.45) is 5.41 Å². The van der Waals surface area contributed by atoms with Gasteiger partial charge in [-0.1, -0.05) is 6.07 Å². The lowest BCUT2D eigenvalue weighted by Crippen LogP contribution is -2.28. The van der Waals surface area contributed by atoms with Crippen LogP contribution in [0.15, 0.2) is 18.2 Å². The molecule has 1 aliphatic rings. The summed E-state index contributed by atoms with van der Waals surface area (Å²) in [5.74, 6) is -1.41. The highest BCUT2D eigenvalue weighted by molar-refractivity contribution is 5.31. The number of aliphatic hydroxyl groups excluding tert-OH is 1. The molecular formula is C13H11F4NO2. The second-order valence-corrected chi connectivity index (χ2v) is 4.71. The number of halogens is 4. The molecule has 0 aliphatic carbocycles. The maximum Gasteiger partial charge on any atom is 0.419 e. The van der Waals surface area contributed by atoms with E-state index in [1.807, 2.05) is 6.07 Å². The summed E-state index contributed by atoms with van der Waals surface area (Å²) in [4.78, 5) is 0. The highest BCUT2D eigenvalue weighted by Crippen LogP contribution is 2.42. The molecule has 7 heteroatoms. The molecule has 20 heavy (non-hydrogen) atoms. The number of hydrogen-bond acceptors (Lipinski definition) is 3. The lowest BCUT2D eigenvalue weighted by atomic mass is 9.79. The van der Waals surface area contributed by atoms with Crippen molar-refractivity contribution >= 4 is 0 Å². The van der Waals surface area contributed by atoms with Crippen LogP contribution in [0.2, 0.25) is 0 Å². The summed E-state index contributed by atoms with van der Waals surface area (Å²) in [6.45, 7) is 0.182. The Kier molecular flexibility index (Phi) is 3.71. The molecule has 0 saturated carbocycles. The molecule has 2 unspecified atom stereocenters. The standard InChI is InChI=1S/C13H11F4NO2/c14-10-2-1-8(5-9(10)13(15,16)17)11(19)12(6-18)3-4-20-7-12/h1-2,5,11,19H,3-4,7H2. The van der Waals surface area contributed by atoms with Gasteiger partial charge in [0.25, 0.3) is 0 Å². The Morgan fingerprint density at radius 2 is 2.10 bits per heavy atom. The molecule has 1 aromatic carbocycles. The SMILES string of the molecule is N#CC1(C(O)c2ccc(F)c(C(F)(F)F)c2)CCOC1. The molecule has 1 fully saturated rings. The van der Waals surface area contributed by atoms with Crippen LogP contribution in [0.3, 0.4) is 0 Å². The average Bonchev–Trinajstić information content (AvgIpc) is 2.87. The summed E-state index contributed by atoms with van der Waals surface area (Å²) in [5, 5.41) is 19.3. The van der Waals surface area contributed by atoms with Gasteiger partial charge in [0.05, 0.1) is 24.3 Å². The van der Waals surface area contributed by atoms with E-state index in [-0.39, 0.29) is 25.2 Å². The summed E-state index contributed by atoms with van der Waals surface area (Å²) >= 11 is 0. The van der Waals surface area contributed by atoms with Gasteiger partial charge in [-0.2, -0.15) is 18.4 Å². The first-order chi connectivity index (χ1) is 9.30. The van der Waals surface area contributed by atoms with Crippen molar-refractivity contribution < 1.29 is 27.4 Å². The number of nitriles is 1. The van der Waals surface area contributed by atoms with Crippen molar-refractivity contribution in [2.45, 2.75) is 18.7 Å². The Labute approximate surface area is 112 Å². The number of aliphatic hydroxyl groups is 1. The Morgan fingerprint density at radius 1 is 1.40 bits per heavy atom. The smallest absolute Gasteiger partial charge is 0.387 e. The van der Waals surface area contributed by atoms with Crippen LogP contribution in [-0.2, 0) is 10.9 Å². The van der Waals surface area contributed by atoms with Crippen molar-refractivity contribution in [3.05, 3.63) is 35.1 Å². The lowest BCUT2D eigenvalue weighted by molar-refractivity contribution is -0.140. The molecule has 2 rings (SSSR count). The highest BCUT2D eigenvalue weighted by atomic mass is 19.4. The van der Waals surface area contributed by atoms with Gasteiger partial charge in [0.15, 0.2) is 0 Å². The van der Waals surface area contributed by atoms with E-state index in [1.54, 1.807) is 0 Å². The molecule has 1 saturated heterocycles. The third-order valence-corrected chi connectivity index (χ3v) is 3.41. The summed E-state index contributed by atoms with van der Waals surface area (Å²) in [6, 6.07) is 4.13. The normalized spacial score (nSPS) is 24.4. The van der Waals surface area contributed by atoms with E-state index in [4.69, 9.17) is 10.00 Å². The predicted molar refractivity (Wildman–Crippen MR) is 59.8 cm³/mol. The number of benzene rings is 1. The van der Waals surface area contributed by atoms with Gasteiger partial charge in [-0.3, -0.25) is 0 Å². The third kappa shape index (κ3) is 2.49. The van der Waals surface area contributed by atoms with Gasteiger partial charge in [0.2, 0.25) is 0 Å². The van der Waals surface area contributed by atoms with E-state index < -0.39 is 29.1 Å². The molecule has 0 amide bonds. The van der Waals surface area contributed by atoms with Crippen molar-refractivity contribution in [1.29, 1.82) is 5.26 Å². The van der Waals surface area contributed by atoms with Crippen LogP contribution in [0.25, 0.3) is 0 Å². The van der Waals surface area contributed by atoms with Crippen LogP contribution < -0.4 is 0 Å². The molecule has 2 atom stereocenters. The van der Waals surface area contributed by atoms with Crippen LogP contribution >= 0.6 is 0 Å². The molecule has 1 heterocycles. The summed E-state index contributed by atoms with van der Waals surface area (Å²) in [7, 11) is 0. The van der Waals surface area contributed by atoms with Gasteiger partial charge in [0, 0.05) is 6.61 Å². The maximum atomic E-state index is 13.2. The largest absolute Gasteiger partial charge is 0.419 e. The van der Waals surface area contributed by atoms with Crippen LogP contribution in [-0.4, -0.2) is 18.3 Å². The summed E-state index contributed by atoms with van der Waals surface area (Å²) in [6.07, 6.45) is -6.11. The second kappa shape index (κ2) is 5.04. The molecule has 0 bridgehead atoms. The fourth-order valence-electron chi connectivity index (χ4n) is 2.19. The second-order valence-electron chi connectivity index (χ2n) is 4.71. The van der Waals surface area contributed by atoms with Gasteiger partial charge in [-0.05, 0) is 24.1 Å². The van der Waals surface area contributed by atoms with Crippen molar-refractivity contribution in [3.63, 3.8) is 0 Å². The maximum absolute atomic E-state index is 13.2. The number of nitrogens with zero attached hydrogens (tertiary/aromatic N) is 1. The average molecular weight is 289 g/mol. The minimum absolute atomic E-state index is 0.0661. The van der Waals surface area contributed by atoms with Crippen molar-refractivity contribution in [3.8, 4) is 6.07 Å². The first-order valence-electron chi connectivity index (χ1n) is 5.84. The molecule has 0 radical (unpaired) electrons. The van der Waals surface area contributed by atoms with Gasteiger partial charge >= 0.3 is 6.18 Å². The Bertz CT molecular complexity index is 544. The van der Waals surface area contributed by atoms with Gasteiger partial charge in [0.1, 0.15) is 11.2 Å². The fourth-order valence-corrected chi connectivity index (χ4v) is 2.19. The first-order valence-corrected chi connectivity index (χ1v) is 5.84. The quantitative estimate of drug-likeness (QED) is 0.852. The molecule has 1 N–H and O–H groups in total. The molecule has 1 aliphatic heterocycles. The monoisotopic (exact) mass is 289 g/mol. The van der Waals surface area contributed by atoms with Gasteiger partial charge < -0.3 is 9.84 Å². The zero-order valence-electron chi connectivity index (χ0n) is 10.2.